The molecule has 0 saturated carbocycles. The quantitative estimate of drug-likeness (QED) is 0.492. The average Bonchev–Trinajstić information content (AvgIpc) is 3.48. The van der Waals surface area contributed by atoms with E-state index in [1.54, 1.807) is 0 Å². The fourth-order valence-corrected chi connectivity index (χ4v) is 6.68. The minimum atomic E-state index is 0.101. The number of carbonyl (C=O) groups is 1. The molecule has 3 aromatic rings. The monoisotopic (exact) mass is 424 g/mol. The molecule has 29 heavy (non-hydrogen) atoms. The van der Waals surface area contributed by atoms with Crippen LogP contribution in [0.25, 0.3) is 5.00 Å². The number of aromatic nitrogens is 3. The number of fused-ring (bicyclic) bond motifs is 8. The second-order valence-corrected chi connectivity index (χ2v) is 9.46. The van der Waals surface area contributed by atoms with Crippen LogP contribution in [0.2, 0.25) is 0 Å². The minimum absolute atomic E-state index is 0.101. The number of hydrogen-bond acceptors (Lipinski definition) is 8. The number of aryl methyl sites for hydroxylation is 1. The van der Waals surface area contributed by atoms with Crippen LogP contribution in [-0.4, -0.2) is 33.0 Å². The first-order valence-electron chi connectivity index (χ1n) is 9.88. The predicted molar refractivity (Wildman–Crippen MR) is 114 cm³/mol. The van der Waals surface area contributed by atoms with Gasteiger partial charge in [-0.15, -0.1) is 21.5 Å². The molecule has 0 spiro atoms. The number of thiophene rings is 1. The lowest BCUT2D eigenvalue weighted by molar-refractivity contribution is 0.102. The standard InChI is InChI=1S/C20H20N6OS2/c27-14(12-6-2-1-3-7-12)10-28-20-24-23-19-25(20)18-16(17-21-11-22-26(17)19)13-8-4-5-9-15(13)29-18/h1-3,6-7,17,21-22H,4-5,8-11H2. The molecule has 2 N–H and O–H groups in total. The van der Waals surface area contributed by atoms with Crippen molar-refractivity contribution in [2.75, 3.05) is 17.4 Å². The Morgan fingerprint density at radius 3 is 2.97 bits per heavy atom. The number of thioether (sulfide) groups is 1. The van der Waals surface area contributed by atoms with Gasteiger partial charge < -0.3 is 0 Å². The first-order valence-corrected chi connectivity index (χ1v) is 11.7. The highest BCUT2D eigenvalue weighted by Crippen LogP contribution is 2.47. The number of benzene rings is 1. The lowest BCUT2D eigenvalue weighted by Gasteiger charge is -2.31. The fourth-order valence-electron chi connectivity index (χ4n) is 4.38. The molecule has 1 fully saturated rings. The van der Waals surface area contributed by atoms with E-state index in [2.05, 4.69) is 30.5 Å². The maximum Gasteiger partial charge on any atom is 0.249 e. The summed E-state index contributed by atoms with van der Waals surface area (Å²) < 4.78 is 2.14. The van der Waals surface area contributed by atoms with Crippen LogP contribution in [0, 0.1) is 0 Å². The third kappa shape index (κ3) is 2.76. The summed E-state index contributed by atoms with van der Waals surface area (Å²) in [4.78, 5) is 14.1. The second kappa shape index (κ2) is 6.94. The zero-order valence-corrected chi connectivity index (χ0v) is 17.4. The summed E-state index contributed by atoms with van der Waals surface area (Å²) >= 11 is 3.33. The van der Waals surface area contributed by atoms with Gasteiger partial charge in [-0.25, -0.2) is 9.99 Å². The van der Waals surface area contributed by atoms with Gasteiger partial charge in [0.2, 0.25) is 5.95 Å². The molecule has 1 atom stereocenters. The third-order valence-corrected chi connectivity index (χ3v) is 7.95. The normalized spacial score (nSPS) is 19.4. The van der Waals surface area contributed by atoms with Gasteiger partial charge >= 0.3 is 0 Å². The smallest absolute Gasteiger partial charge is 0.249 e. The molecule has 1 aromatic carbocycles. The summed E-state index contributed by atoms with van der Waals surface area (Å²) in [7, 11) is 0. The topological polar surface area (TPSA) is 75.1 Å². The predicted octanol–water partition coefficient (Wildman–Crippen LogP) is 3.07. The first kappa shape index (κ1) is 17.6. The van der Waals surface area contributed by atoms with Crippen molar-refractivity contribution in [1.82, 2.24) is 25.5 Å². The average molecular weight is 425 g/mol. The lowest BCUT2D eigenvalue weighted by atomic mass is 9.94. The summed E-state index contributed by atoms with van der Waals surface area (Å²) in [6.45, 7) is 0.705. The summed E-state index contributed by atoms with van der Waals surface area (Å²) in [5.41, 5.74) is 6.97. The van der Waals surface area contributed by atoms with E-state index in [1.165, 1.54) is 45.6 Å². The van der Waals surface area contributed by atoms with Crippen LogP contribution < -0.4 is 15.8 Å². The molecule has 0 radical (unpaired) electrons. The van der Waals surface area contributed by atoms with E-state index in [0.29, 0.717) is 12.4 Å². The van der Waals surface area contributed by atoms with Gasteiger partial charge in [-0.2, -0.15) is 0 Å². The van der Waals surface area contributed by atoms with Crippen molar-refractivity contribution in [3.63, 3.8) is 0 Å². The largest absolute Gasteiger partial charge is 0.293 e. The number of rotatable bonds is 4. The lowest BCUT2D eigenvalue weighted by Crippen LogP contribution is -2.39. The summed E-state index contributed by atoms with van der Waals surface area (Å²) in [5.74, 6) is 1.24. The molecule has 9 heteroatoms. The Hall–Kier alpha value is -2.20. The van der Waals surface area contributed by atoms with Crippen LogP contribution in [-0.2, 0) is 12.8 Å². The highest BCUT2D eigenvalue weighted by atomic mass is 32.2. The van der Waals surface area contributed by atoms with Gasteiger partial charge in [0.1, 0.15) is 11.2 Å². The molecule has 2 aromatic heterocycles. The Morgan fingerprint density at radius 1 is 1.21 bits per heavy atom. The Kier molecular flexibility index (Phi) is 4.22. The van der Waals surface area contributed by atoms with Crippen molar-refractivity contribution in [2.24, 2.45) is 0 Å². The highest BCUT2D eigenvalue weighted by Gasteiger charge is 2.41. The number of hydrogen-bond donors (Lipinski definition) is 2. The molecular weight excluding hydrogens is 404 g/mol. The minimum Gasteiger partial charge on any atom is -0.293 e. The van der Waals surface area contributed by atoms with E-state index in [1.807, 2.05) is 41.7 Å². The summed E-state index contributed by atoms with van der Waals surface area (Å²) in [5, 5.41) is 16.5. The van der Waals surface area contributed by atoms with Crippen molar-refractivity contribution in [3.05, 3.63) is 51.9 Å². The first-order chi connectivity index (χ1) is 14.3. The van der Waals surface area contributed by atoms with Crippen LogP contribution >= 0.6 is 23.1 Å². The molecule has 0 amide bonds. The Labute approximate surface area is 176 Å². The van der Waals surface area contributed by atoms with Gasteiger partial charge in [0.25, 0.3) is 0 Å². The maximum atomic E-state index is 12.6. The Morgan fingerprint density at radius 2 is 2.07 bits per heavy atom. The summed E-state index contributed by atoms with van der Waals surface area (Å²) in [6.07, 6.45) is 4.90. The van der Waals surface area contributed by atoms with Crippen molar-refractivity contribution in [1.29, 1.82) is 0 Å². The molecule has 3 aliphatic rings. The van der Waals surface area contributed by atoms with Crippen molar-refractivity contribution in [2.45, 2.75) is 37.0 Å². The maximum absolute atomic E-state index is 12.6. The molecule has 6 rings (SSSR count). The molecule has 1 unspecified atom stereocenters. The molecule has 148 valence electrons. The van der Waals surface area contributed by atoms with Gasteiger partial charge in [-0.05, 0) is 31.2 Å². The molecule has 4 heterocycles. The number of nitrogens with one attached hydrogen (secondary N) is 2. The van der Waals surface area contributed by atoms with E-state index >= 15 is 0 Å². The van der Waals surface area contributed by atoms with Crippen LogP contribution in [0.4, 0.5) is 5.95 Å². The zero-order chi connectivity index (χ0) is 19.4. The van der Waals surface area contributed by atoms with Crippen LogP contribution in [0.5, 0.6) is 0 Å². The van der Waals surface area contributed by atoms with Crippen molar-refractivity contribution >= 4 is 34.8 Å². The molecule has 1 aliphatic carbocycles. The number of anilines is 1. The highest BCUT2D eigenvalue weighted by molar-refractivity contribution is 7.99. The summed E-state index contributed by atoms with van der Waals surface area (Å²) in [6, 6.07) is 9.43. The zero-order valence-electron chi connectivity index (χ0n) is 15.7. The Balaban J connectivity index is 1.38. The van der Waals surface area contributed by atoms with E-state index in [4.69, 9.17) is 0 Å². The van der Waals surface area contributed by atoms with Crippen LogP contribution in [0.3, 0.4) is 0 Å². The third-order valence-electron chi connectivity index (χ3n) is 5.73. The fraction of sp³-hybridized carbons (Fsp3) is 0.350. The second-order valence-electron chi connectivity index (χ2n) is 7.44. The van der Waals surface area contributed by atoms with Gasteiger partial charge in [-0.1, -0.05) is 42.1 Å². The Bertz CT molecular complexity index is 1090. The van der Waals surface area contributed by atoms with E-state index in [0.717, 1.165) is 29.5 Å². The van der Waals surface area contributed by atoms with E-state index in [9.17, 15) is 4.79 Å². The number of carbonyl (C=O) groups excluding carboxylic acids is 1. The molecule has 2 aliphatic heterocycles. The van der Waals surface area contributed by atoms with Crippen molar-refractivity contribution in [3.8, 4) is 5.00 Å². The molecule has 1 saturated heterocycles. The molecular formula is C20H20N6OS2. The number of nitrogens with zero attached hydrogens (tertiary/aromatic N) is 4. The SMILES string of the molecule is O=C(CSc1nnc2n1-c1sc3c(c1C1NCNN21)CCCC3)c1ccccc1. The number of ketones is 1. The van der Waals surface area contributed by atoms with Gasteiger partial charge in [0, 0.05) is 16.0 Å². The number of Topliss-reactive ketones (excluding diaryl/α,β-unsaturated/α-hetero) is 1. The van der Waals surface area contributed by atoms with E-state index in [-0.39, 0.29) is 11.9 Å². The number of hydrazine groups is 1. The van der Waals surface area contributed by atoms with Crippen molar-refractivity contribution < 1.29 is 4.79 Å². The van der Waals surface area contributed by atoms with Gasteiger partial charge in [0.05, 0.1) is 12.4 Å². The van der Waals surface area contributed by atoms with Crippen LogP contribution in [0.1, 0.15) is 45.4 Å². The van der Waals surface area contributed by atoms with Gasteiger partial charge in [0.15, 0.2) is 10.9 Å². The van der Waals surface area contributed by atoms with E-state index < -0.39 is 0 Å². The molecule has 7 nitrogen and oxygen atoms in total. The van der Waals surface area contributed by atoms with Gasteiger partial charge in [-0.3, -0.25) is 15.1 Å². The van der Waals surface area contributed by atoms with Crippen LogP contribution in [0.15, 0.2) is 35.5 Å². The molecule has 0 bridgehead atoms.